The normalized spacial score (nSPS) is 15.2. The van der Waals surface area contributed by atoms with Gasteiger partial charge in [-0.15, -0.1) is 0 Å². The summed E-state index contributed by atoms with van der Waals surface area (Å²) in [4.78, 5) is 21.2. The minimum atomic E-state index is -0.194. The molecule has 1 aliphatic rings. The molecule has 0 fully saturated rings. The fraction of sp³-hybridized carbons (Fsp3) is 0.333. The minimum Gasteiger partial charge on any atom is -0.362 e. The summed E-state index contributed by atoms with van der Waals surface area (Å²) in [5, 5.41) is 10.2. The average molecular weight is 377 g/mol. The summed E-state index contributed by atoms with van der Waals surface area (Å²) in [5.41, 5.74) is 3.78. The number of carbonyl (C=O) groups excluding carboxylic acids is 1. The summed E-state index contributed by atoms with van der Waals surface area (Å²) in [6.07, 6.45) is 7.29. The maximum atomic E-state index is 12.3. The number of nitrogens with zero attached hydrogens (tertiary/aromatic N) is 3. The first kappa shape index (κ1) is 18.2. The third-order valence-electron chi connectivity index (χ3n) is 4.84. The SMILES string of the molecule is CCCc1cc(CNC(=O)c2ccc(NC3CCc4cccnc43)nc2)on1. The standard InChI is InChI=1S/C21H23N5O2/c1-2-4-16-11-17(28-26-16)13-24-21(27)15-7-9-19(23-12-15)25-18-8-6-14-5-3-10-22-20(14)18/h3,5,7,9-12,18H,2,4,6,8,13H2,1H3,(H,23,25)(H,24,27). The van der Waals surface area contributed by atoms with Crippen LogP contribution in [-0.2, 0) is 19.4 Å². The van der Waals surface area contributed by atoms with E-state index in [-0.39, 0.29) is 11.9 Å². The predicted octanol–water partition coefficient (Wildman–Crippen LogP) is 3.45. The molecule has 2 N–H and O–H groups in total. The summed E-state index contributed by atoms with van der Waals surface area (Å²) in [6, 6.07) is 9.71. The molecule has 1 atom stereocenters. The van der Waals surface area contributed by atoms with Gasteiger partial charge in [-0.2, -0.15) is 0 Å². The van der Waals surface area contributed by atoms with Crippen molar-refractivity contribution in [2.75, 3.05) is 5.32 Å². The molecule has 0 aliphatic heterocycles. The molecular formula is C21H23N5O2. The number of aryl methyl sites for hydroxylation is 2. The first-order chi connectivity index (χ1) is 13.7. The van der Waals surface area contributed by atoms with Gasteiger partial charge < -0.3 is 15.2 Å². The topological polar surface area (TPSA) is 92.9 Å². The molecule has 144 valence electrons. The number of nitrogens with one attached hydrogen (secondary N) is 2. The van der Waals surface area contributed by atoms with Crippen molar-refractivity contribution in [1.29, 1.82) is 0 Å². The lowest BCUT2D eigenvalue weighted by Crippen LogP contribution is -2.22. The highest BCUT2D eigenvalue weighted by atomic mass is 16.5. The Morgan fingerprint density at radius 2 is 2.21 bits per heavy atom. The third-order valence-corrected chi connectivity index (χ3v) is 4.84. The summed E-state index contributed by atoms with van der Waals surface area (Å²) < 4.78 is 5.23. The maximum absolute atomic E-state index is 12.3. The molecule has 3 heterocycles. The average Bonchev–Trinajstić information content (AvgIpc) is 3.34. The van der Waals surface area contributed by atoms with Gasteiger partial charge in [-0.25, -0.2) is 4.98 Å². The monoisotopic (exact) mass is 377 g/mol. The van der Waals surface area contributed by atoms with Crippen LogP contribution < -0.4 is 10.6 Å². The van der Waals surface area contributed by atoms with Crippen LogP contribution in [0.25, 0.3) is 0 Å². The number of carbonyl (C=O) groups is 1. The Labute approximate surface area is 163 Å². The molecule has 1 unspecified atom stereocenters. The number of fused-ring (bicyclic) bond motifs is 1. The van der Waals surface area contributed by atoms with Gasteiger partial charge in [0, 0.05) is 18.5 Å². The first-order valence-electron chi connectivity index (χ1n) is 9.62. The Balaban J connectivity index is 1.33. The van der Waals surface area contributed by atoms with E-state index in [0.29, 0.717) is 17.9 Å². The highest BCUT2D eigenvalue weighted by Crippen LogP contribution is 2.31. The van der Waals surface area contributed by atoms with E-state index in [1.807, 2.05) is 24.4 Å². The fourth-order valence-corrected chi connectivity index (χ4v) is 3.43. The van der Waals surface area contributed by atoms with Gasteiger partial charge in [0.15, 0.2) is 5.76 Å². The number of pyridine rings is 2. The van der Waals surface area contributed by atoms with Gasteiger partial charge in [0.05, 0.1) is 29.5 Å². The van der Waals surface area contributed by atoms with Crippen LogP contribution in [-0.4, -0.2) is 21.0 Å². The molecule has 7 nitrogen and oxygen atoms in total. The van der Waals surface area contributed by atoms with Crippen LogP contribution in [0.2, 0.25) is 0 Å². The van der Waals surface area contributed by atoms with Crippen LogP contribution in [0, 0.1) is 0 Å². The number of aromatic nitrogens is 3. The van der Waals surface area contributed by atoms with Gasteiger partial charge in [0.25, 0.3) is 5.91 Å². The molecule has 3 aromatic rings. The Morgan fingerprint density at radius 1 is 1.29 bits per heavy atom. The maximum Gasteiger partial charge on any atom is 0.253 e. The van der Waals surface area contributed by atoms with Gasteiger partial charge in [0.2, 0.25) is 0 Å². The number of amides is 1. The molecule has 0 saturated carbocycles. The molecule has 0 saturated heterocycles. The van der Waals surface area contributed by atoms with Gasteiger partial charge in [-0.05, 0) is 43.0 Å². The van der Waals surface area contributed by atoms with Gasteiger partial charge in [0.1, 0.15) is 5.82 Å². The molecule has 0 bridgehead atoms. The number of hydrogen-bond donors (Lipinski definition) is 2. The van der Waals surface area contributed by atoms with Crippen molar-refractivity contribution in [3.05, 3.63) is 71.0 Å². The second kappa shape index (κ2) is 8.21. The minimum absolute atomic E-state index is 0.159. The van der Waals surface area contributed by atoms with Crippen LogP contribution >= 0.6 is 0 Å². The van der Waals surface area contributed by atoms with E-state index in [4.69, 9.17) is 4.52 Å². The Morgan fingerprint density at radius 3 is 3.04 bits per heavy atom. The second-order valence-corrected chi connectivity index (χ2v) is 6.93. The third kappa shape index (κ3) is 4.03. The highest BCUT2D eigenvalue weighted by molar-refractivity contribution is 5.93. The summed E-state index contributed by atoms with van der Waals surface area (Å²) in [7, 11) is 0. The quantitative estimate of drug-likeness (QED) is 0.655. The van der Waals surface area contributed by atoms with Crippen molar-refractivity contribution in [3.8, 4) is 0 Å². The summed E-state index contributed by atoms with van der Waals surface area (Å²) in [6.45, 7) is 2.39. The zero-order valence-corrected chi connectivity index (χ0v) is 15.8. The van der Waals surface area contributed by atoms with Crippen molar-refractivity contribution >= 4 is 11.7 Å². The van der Waals surface area contributed by atoms with Crippen molar-refractivity contribution in [2.45, 2.75) is 45.2 Å². The van der Waals surface area contributed by atoms with E-state index in [1.54, 1.807) is 12.3 Å². The van der Waals surface area contributed by atoms with Crippen LogP contribution in [0.5, 0.6) is 0 Å². The van der Waals surface area contributed by atoms with E-state index in [2.05, 4.69) is 38.7 Å². The van der Waals surface area contributed by atoms with Crippen LogP contribution in [0.1, 0.15) is 58.9 Å². The zero-order chi connectivity index (χ0) is 19.3. The molecule has 0 radical (unpaired) electrons. The van der Waals surface area contributed by atoms with Crippen molar-refractivity contribution in [1.82, 2.24) is 20.4 Å². The smallest absolute Gasteiger partial charge is 0.253 e. The largest absolute Gasteiger partial charge is 0.362 e. The lowest BCUT2D eigenvalue weighted by Gasteiger charge is -2.14. The van der Waals surface area contributed by atoms with Crippen molar-refractivity contribution < 1.29 is 9.32 Å². The Bertz CT molecular complexity index is 951. The molecular weight excluding hydrogens is 354 g/mol. The second-order valence-electron chi connectivity index (χ2n) is 6.93. The van der Waals surface area contributed by atoms with Crippen molar-refractivity contribution in [2.24, 2.45) is 0 Å². The lowest BCUT2D eigenvalue weighted by atomic mass is 10.2. The molecule has 0 aromatic carbocycles. The molecule has 4 rings (SSSR count). The zero-order valence-electron chi connectivity index (χ0n) is 15.8. The molecule has 28 heavy (non-hydrogen) atoms. The van der Waals surface area contributed by atoms with Crippen LogP contribution in [0.15, 0.2) is 47.2 Å². The van der Waals surface area contributed by atoms with Crippen molar-refractivity contribution in [3.63, 3.8) is 0 Å². The van der Waals surface area contributed by atoms with E-state index < -0.39 is 0 Å². The van der Waals surface area contributed by atoms with Crippen LogP contribution in [0.3, 0.4) is 0 Å². The van der Waals surface area contributed by atoms with Crippen LogP contribution in [0.4, 0.5) is 5.82 Å². The highest BCUT2D eigenvalue weighted by Gasteiger charge is 2.23. The van der Waals surface area contributed by atoms with E-state index in [0.717, 1.165) is 42.9 Å². The molecule has 1 amide bonds. The van der Waals surface area contributed by atoms with E-state index >= 15 is 0 Å². The number of hydrogen-bond acceptors (Lipinski definition) is 6. The van der Waals surface area contributed by atoms with Gasteiger partial charge >= 0.3 is 0 Å². The summed E-state index contributed by atoms with van der Waals surface area (Å²) >= 11 is 0. The Kier molecular flexibility index (Phi) is 5.32. The molecule has 0 spiro atoms. The lowest BCUT2D eigenvalue weighted by molar-refractivity contribution is 0.0946. The fourth-order valence-electron chi connectivity index (χ4n) is 3.43. The molecule has 1 aliphatic carbocycles. The van der Waals surface area contributed by atoms with E-state index in [1.165, 1.54) is 5.56 Å². The van der Waals surface area contributed by atoms with E-state index in [9.17, 15) is 4.79 Å². The van der Waals surface area contributed by atoms with Gasteiger partial charge in [-0.3, -0.25) is 9.78 Å². The van der Waals surface area contributed by atoms with Gasteiger partial charge in [-0.1, -0.05) is 24.6 Å². The first-order valence-corrected chi connectivity index (χ1v) is 9.62. The summed E-state index contributed by atoms with van der Waals surface area (Å²) in [5.74, 6) is 1.19. The molecule has 3 aromatic heterocycles. The molecule has 7 heteroatoms. The number of anilines is 1. The number of rotatable bonds is 7. The predicted molar refractivity (Wildman–Crippen MR) is 105 cm³/mol. The Hall–Kier alpha value is -3.22.